The van der Waals surface area contributed by atoms with Crippen molar-refractivity contribution in [2.24, 2.45) is 0 Å². The van der Waals surface area contributed by atoms with E-state index in [0.29, 0.717) is 22.9 Å². The second-order valence-electron chi connectivity index (χ2n) is 4.93. The third-order valence-electron chi connectivity index (χ3n) is 3.13. The Hall–Kier alpha value is -2.53. The molecule has 0 bridgehead atoms. The molecule has 1 N–H and O–H groups in total. The van der Waals surface area contributed by atoms with Crippen molar-refractivity contribution < 1.29 is 19.1 Å². The average Bonchev–Trinajstić information content (AvgIpc) is 2.60. The van der Waals surface area contributed by atoms with Gasteiger partial charge in [0.1, 0.15) is 18.9 Å². The van der Waals surface area contributed by atoms with Gasteiger partial charge in [0.2, 0.25) is 0 Å². The number of esters is 1. The van der Waals surface area contributed by atoms with E-state index < -0.39 is 5.97 Å². The lowest BCUT2D eigenvalue weighted by molar-refractivity contribution is -0.143. The summed E-state index contributed by atoms with van der Waals surface area (Å²) in [5.41, 5.74) is 1.27. The van der Waals surface area contributed by atoms with Gasteiger partial charge >= 0.3 is 5.97 Å². The first-order valence-electron chi connectivity index (χ1n) is 7.49. The fraction of sp³-hybridized carbons (Fsp3) is 0.222. The number of carbonyl (C=O) groups is 2. The van der Waals surface area contributed by atoms with Gasteiger partial charge in [-0.05, 0) is 48.9 Å². The quantitative estimate of drug-likeness (QED) is 0.781. The third kappa shape index (κ3) is 5.59. The molecule has 0 radical (unpaired) electrons. The minimum Gasteiger partial charge on any atom is -0.494 e. The molecule has 0 aromatic heterocycles. The summed E-state index contributed by atoms with van der Waals surface area (Å²) in [5.74, 6) is -0.165. The second kappa shape index (κ2) is 8.93. The highest BCUT2D eigenvalue weighted by Gasteiger charge is 2.09. The van der Waals surface area contributed by atoms with E-state index in [1.807, 2.05) is 6.92 Å². The molecule has 2 aromatic rings. The maximum atomic E-state index is 12.0. The van der Waals surface area contributed by atoms with Gasteiger partial charge in [0.15, 0.2) is 0 Å². The standard InChI is InChI=1S/C18H18ClNO4/c1-2-23-16-9-5-14(6-10-16)18(22)20-11-17(21)24-12-13-3-7-15(19)8-4-13/h3-10H,2,11-12H2,1H3,(H,20,22). The van der Waals surface area contributed by atoms with Crippen LogP contribution < -0.4 is 10.1 Å². The lowest BCUT2D eigenvalue weighted by atomic mass is 10.2. The van der Waals surface area contributed by atoms with E-state index in [9.17, 15) is 9.59 Å². The minimum atomic E-state index is -0.510. The van der Waals surface area contributed by atoms with Crippen LogP contribution in [0.2, 0.25) is 5.02 Å². The number of ether oxygens (including phenoxy) is 2. The molecule has 0 saturated carbocycles. The highest BCUT2D eigenvalue weighted by molar-refractivity contribution is 6.30. The zero-order valence-electron chi connectivity index (χ0n) is 13.3. The van der Waals surface area contributed by atoms with Crippen LogP contribution in [0.4, 0.5) is 0 Å². The molecule has 0 aliphatic carbocycles. The molecule has 0 heterocycles. The van der Waals surface area contributed by atoms with Crippen LogP contribution in [0, 0.1) is 0 Å². The number of hydrogen-bond donors (Lipinski definition) is 1. The zero-order valence-corrected chi connectivity index (χ0v) is 14.0. The average molecular weight is 348 g/mol. The van der Waals surface area contributed by atoms with Gasteiger partial charge in [-0.3, -0.25) is 9.59 Å². The molecule has 0 atom stereocenters. The highest BCUT2D eigenvalue weighted by atomic mass is 35.5. The monoisotopic (exact) mass is 347 g/mol. The maximum Gasteiger partial charge on any atom is 0.325 e. The molecule has 5 nitrogen and oxygen atoms in total. The Balaban J connectivity index is 1.76. The molecule has 0 aliphatic rings. The van der Waals surface area contributed by atoms with Crippen molar-refractivity contribution in [1.29, 1.82) is 0 Å². The van der Waals surface area contributed by atoms with E-state index in [0.717, 1.165) is 5.56 Å². The predicted octanol–water partition coefficient (Wildman–Crippen LogP) is 3.21. The Kier molecular flexibility index (Phi) is 6.63. The van der Waals surface area contributed by atoms with Crippen LogP contribution in [0.5, 0.6) is 5.75 Å². The van der Waals surface area contributed by atoms with Gasteiger partial charge in [0, 0.05) is 10.6 Å². The lowest BCUT2D eigenvalue weighted by Crippen LogP contribution is -2.30. The number of rotatable bonds is 7. The van der Waals surface area contributed by atoms with Crippen LogP contribution >= 0.6 is 11.6 Å². The van der Waals surface area contributed by atoms with E-state index in [-0.39, 0.29) is 19.1 Å². The summed E-state index contributed by atoms with van der Waals surface area (Å²) in [5, 5.41) is 3.14. The summed E-state index contributed by atoms with van der Waals surface area (Å²) in [6, 6.07) is 13.7. The van der Waals surface area contributed by atoms with Crippen molar-refractivity contribution in [3.05, 3.63) is 64.7 Å². The van der Waals surface area contributed by atoms with Crippen molar-refractivity contribution in [3.63, 3.8) is 0 Å². The Bertz CT molecular complexity index is 683. The van der Waals surface area contributed by atoms with E-state index >= 15 is 0 Å². The van der Waals surface area contributed by atoms with E-state index in [1.54, 1.807) is 48.5 Å². The molecule has 1 amide bonds. The second-order valence-corrected chi connectivity index (χ2v) is 5.36. The molecule has 0 aliphatic heterocycles. The van der Waals surface area contributed by atoms with Gasteiger partial charge in [-0.15, -0.1) is 0 Å². The van der Waals surface area contributed by atoms with Crippen LogP contribution in [0.3, 0.4) is 0 Å². The Morgan fingerprint density at radius 3 is 2.33 bits per heavy atom. The molecular weight excluding hydrogens is 330 g/mol. The molecule has 126 valence electrons. The van der Waals surface area contributed by atoms with Gasteiger partial charge in [-0.1, -0.05) is 23.7 Å². The number of carbonyl (C=O) groups excluding carboxylic acids is 2. The fourth-order valence-corrected chi connectivity index (χ4v) is 2.05. The SMILES string of the molecule is CCOc1ccc(C(=O)NCC(=O)OCc2ccc(Cl)cc2)cc1. The number of nitrogens with one attached hydrogen (secondary N) is 1. The molecule has 0 unspecified atom stereocenters. The van der Waals surface area contributed by atoms with E-state index in [2.05, 4.69) is 5.32 Å². The number of amides is 1. The normalized spacial score (nSPS) is 10.1. The molecule has 2 aromatic carbocycles. The first-order chi connectivity index (χ1) is 11.6. The topological polar surface area (TPSA) is 64.6 Å². The van der Waals surface area contributed by atoms with Crippen LogP contribution in [0.15, 0.2) is 48.5 Å². The van der Waals surface area contributed by atoms with E-state index in [1.165, 1.54) is 0 Å². The molecule has 0 spiro atoms. The van der Waals surface area contributed by atoms with Crippen molar-refractivity contribution in [3.8, 4) is 5.75 Å². The lowest BCUT2D eigenvalue weighted by Gasteiger charge is -2.08. The summed E-state index contributed by atoms with van der Waals surface area (Å²) >= 11 is 5.78. The first-order valence-corrected chi connectivity index (χ1v) is 7.87. The number of halogens is 1. The van der Waals surface area contributed by atoms with Gasteiger partial charge in [-0.2, -0.15) is 0 Å². The molecule has 0 fully saturated rings. The first kappa shape index (κ1) is 17.8. The summed E-state index contributed by atoms with van der Waals surface area (Å²) in [7, 11) is 0. The van der Waals surface area contributed by atoms with Gasteiger partial charge in [0.25, 0.3) is 5.91 Å². The summed E-state index contributed by atoms with van der Waals surface area (Å²) < 4.78 is 10.4. The third-order valence-corrected chi connectivity index (χ3v) is 3.39. The summed E-state index contributed by atoms with van der Waals surface area (Å²) in [6.45, 7) is 2.38. The fourth-order valence-electron chi connectivity index (χ4n) is 1.92. The maximum absolute atomic E-state index is 12.0. The summed E-state index contributed by atoms with van der Waals surface area (Å²) in [6.07, 6.45) is 0. The van der Waals surface area contributed by atoms with Crippen molar-refractivity contribution in [2.45, 2.75) is 13.5 Å². The van der Waals surface area contributed by atoms with Crippen molar-refractivity contribution in [2.75, 3.05) is 13.2 Å². The minimum absolute atomic E-state index is 0.134. The Morgan fingerprint density at radius 1 is 1.04 bits per heavy atom. The van der Waals surface area contributed by atoms with E-state index in [4.69, 9.17) is 21.1 Å². The molecule has 2 rings (SSSR count). The van der Waals surface area contributed by atoms with Crippen molar-refractivity contribution in [1.82, 2.24) is 5.32 Å². The highest BCUT2D eigenvalue weighted by Crippen LogP contribution is 2.12. The molecular formula is C18H18ClNO4. The van der Waals surface area contributed by atoms with Gasteiger partial charge < -0.3 is 14.8 Å². The number of hydrogen-bond acceptors (Lipinski definition) is 4. The molecule has 6 heteroatoms. The van der Waals surface area contributed by atoms with Gasteiger partial charge in [0.05, 0.1) is 6.61 Å². The Morgan fingerprint density at radius 2 is 1.71 bits per heavy atom. The largest absolute Gasteiger partial charge is 0.494 e. The smallest absolute Gasteiger partial charge is 0.325 e. The van der Waals surface area contributed by atoms with Crippen LogP contribution in [-0.4, -0.2) is 25.0 Å². The summed E-state index contributed by atoms with van der Waals surface area (Å²) in [4.78, 5) is 23.6. The van der Waals surface area contributed by atoms with Crippen LogP contribution in [0.25, 0.3) is 0 Å². The predicted molar refractivity (Wildman–Crippen MR) is 91.2 cm³/mol. The Labute approximate surface area is 145 Å². The van der Waals surface area contributed by atoms with Crippen LogP contribution in [0.1, 0.15) is 22.8 Å². The molecule has 24 heavy (non-hydrogen) atoms. The van der Waals surface area contributed by atoms with Crippen LogP contribution in [-0.2, 0) is 16.1 Å². The molecule has 0 saturated heterocycles. The zero-order chi connectivity index (χ0) is 17.4. The number of benzene rings is 2. The van der Waals surface area contributed by atoms with Gasteiger partial charge in [-0.25, -0.2) is 0 Å². The van der Waals surface area contributed by atoms with Crippen molar-refractivity contribution >= 4 is 23.5 Å².